The van der Waals surface area contributed by atoms with E-state index in [1.54, 1.807) is 0 Å². The van der Waals surface area contributed by atoms with Gasteiger partial charge in [0.05, 0.1) is 5.92 Å². The van der Waals surface area contributed by atoms with Crippen molar-refractivity contribution in [2.75, 3.05) is 6.54 Å². The maximum Gasteiger partial charge on any atom is 0.232 e. The number of para-hydroxylation sites is 2. The molecule has 0 fully saturated rings. The lowest BCUT2D eigenvalue weighted by Gasteiger charge is -2.29. The summed E-state index contributed by atoms with van der Waals surface area (Å²) in [5.41, 5.74) is 2.47. The van der Waals surface area contributed by atoms with Gasteiger partial charge in [-0.3, -0.25) is 4.79 Å². The molecule has 0 saturated heterocycles. The lowest BCUT2D eigenvalue weighted by molar-refractivity contribution is -0.121. The zero-order valence-corrected chi connectivity index (χ0v) is 24.3. The maximum absolute atomic E-state index is 13.4. The molecule has 0 aliphatic carbocycles. The third-order valence-electron chi connectivity index (χ3n) is 7.64. The van der Waals surface area contributed by atoms with Crippen molar-refractivity contribution in [2.24, 2.45) is 0 Å². The summed E-state index contributed by atoms with van der Waals surface area (Å²) in [6.07, 6.45) is 4.50. The molecule has 5 heteroatoms. The topological polar surface area (TPSA) is 56.8 Å². The Labute approximate surface area is 233 Å². The molecule has 5 nitrogen and oxygen atoms in total. The Bertz CT molecular complexity index is 1230. The number of rotatable bonds is 12. The predicted octanol–water partition coefficient (Wildman–Crippen LogP) is 8.20. The van der Waals surface area contributed by atoms with Gasteiger partial charge in [-0.1, -0.05) is 56.3 Å². The molecule has 208 valence electrons. The van der Waals surface area contributed by atoms with Crippen molar-refractivity contribution in [3.05, 3.63) is 83.4 Å². The average Bonchev–Trinajstić information content (AvgIpc) is 2.92. The van der Waals surface area contributed by atoms with E-state index in [4.69, 9.17) is 14.2 Å². The fraction of sp³-hybridized carbons (Fsp3) is 0.441. The summed E-state index contributed by atoms with van der Waals surface area (Å²) < 4.78 is 18.7. The number of unbranched alkanes of at least 4 members (excludes halogenated alkanes) is 1. The molecular weight excluding hydrogens is 486 g/mol. The van der Waals surface area contributed by atoms with Gasteiger partial charge in [-0.25, -0.2) is 0 Å². The van der Waals surface area contributed by atoms with Crippen LogP contribution in [0.3, 0.4) is 0 Å². The van der Waals surface area contributed by atoms with Gasteiger partial charge in [0.15, 0.2) is 0 Å². The second-order valence-corrected chi connectivity index (χ2v) is 11.6. The van der Waals surface area contributed by atoms with Crippen LogP contribution in [0.25, 0.3) is 0 Å². The molecule has 1 aliphatic rings. The van der Waals surface area contributed by atoms with Crippen molar-refractivity contribution in [3.8, 4) is 23.0 Å². The highest BCUT2D eigenvalue weighted by atomic mass is 16.5. The van der Waals surface area contributed by atoms with Gasteiger partial charge in [0, 0.05) is 23.7 Å². The predicted molar refractivity (Wildman–Crippen MR) is 157 cm³/mol. The molecule has 39 heavy (non-hydrogen) atoms. The highest BCUT2D eigenvalue weighted by Gasteiger charge is 2.32. The molecule has 0 spiro atoms. The lowest BCUT2D eigenvalue weighted by atomic mass is 9.87. The summed E-state index contributed by atoms with van der Waals surface area (Å²) in [5.74, 6) is 2.83. The smallest absolute Gasteiger partial charge is 0.232 e. The van der Waals surface area contributed by atoms with Crippen molar-refractivity contribution in [1.29, 1.82) is 0 Å². The highest BCUT2D eigenvalue weighted by molar-refractivity contribution is 5.89. The van der Waals surface area contributed by atoms with Crippen LogP contribution in [0.5, 0.6) is 23.0 Å². The molecule has 0 unspecified atom stereocenters. The largest absolute Gasteiger partial charge is 0.488 e. The molecule has 4 rings (SSSR count). The molecule has 1 N–H and O–H groups in total. The van der Waals surface area contributed by atoms with E-state index in [9.17, 15) is 4.79 Å². The minimum atomic E-state index is -0.373. The number of hydrogen-bond acceptors (Lipinski definition) is 4. The van der Waals surface area contributed by atoms with Gasteiger partial charge in [0.2, 0.25) is 5.91 Å². The molecule has 0 atom stereocenters. The van der Waals surface area contributed by atoms with E-state index in [0.29, 0.717) is 6.54 Å². The quantitative estimate of drug-likeness (QED) is 0.240. The first-order chi connectivity index (χ1) is 18.6. The number of aryl methyl sites for hydroxylation is 1. The fourth-order valence-corrected chi connectivity index (χ4v) is 4.61. The molecule has 1 heterocycles. The average molecular weight is 530 g/mol. The Morgan fingerprint density at radius 1 is 0.821 bits per heavy atom. The second kappa shape index (κ2) is 12.1. The minimum Gasteiger partial charge on any atom is -0.488 e. The van der Waals surface area contributed by atoms with Crippen LogP contribution in [0.2, 0.25) is 0 Å². The number of hydrogen-bond donors (Lipinski definition) is 1. The summed E-state index contributed by atoms with van der Waals surface area (Å²) in [6, 6.07) is 21.8. The van der Waals surface area contributed by atoms with Crippen LogP contribution < -0.4 is 19.5 Å². The van der Waals surface area contributed by atoms with Gasteiger partial charge in [0.25, 0.3) is 0 Å². The Balaban J connectivity index is 1.38. The van der Waals surface area contributed by atoms with Crippen molar-refractivity contribution < 1.29 is 19.0 Å². The monoisotopic (exact) mass is 529 g/mol. The van der Waals surface area contributed by atoms with Crippen molar-refractivity contribution in [1.82, 2.24) is 5.32 Å². The molecule has 3 aromatic rings. The number of benzene rings is 3. The first-order valence-corrected chi connectivity index (χ1v) is 14.3. The van der Waals surface area contributed by atoms with Crippen LogP contribution in [-0.2, 0) is 11.2 Å². The Hall–Kier alpha value is -3.47. The van der Waals surface area contributed by atoms with E-state index in [2.05, 4.69) is 52.9 Å². The number of amides is 1. The van der Waals surface area contributed by atoms with Gasteiger partial charge in [0.1, 0.15) is 34.2 Å². The lowest BCUT2D eigenvalue weighted by Crippen LogP contribution is -2.32. The van der Waals surface area contributed by atoms with E-state index in [0.717, 1.165) is 71.8 Å². The maximum atomic E-state index is 13.4. The molecule has 0 bridgehead atoms. The minimum absolute atomic E-state index is 0.00644. The SMILES string of the molecule is CCC(C)(C)Oc1ccc(CCCCNC(=O)C2c3ccccc3Oc3ccccc32)c(OC(C)(C)CC)c1. The van der Waals surface area contributed by atoms with Gasteiger partial charge >= 0.3 is 0 Å². The summed E-state index contributed by atoms with van der Waals surface area (Å²) >= 11 is 0. The first-order valence-electron chi connectivity index (χ1n) is 14.3. The van der Waals surface area contributed by atoms with Crippen molar-refractivity contribution >= 4 is 5.91 Å². The number of ether oxygens (including phenoxy) is 3. The van der Waals surface area contributed by atoms with E-state index in [1.807, 2.05) is 60.7 Å². The van der Waals surface area contributed by atoms with E-state index >= 15 is 0 Å². The number of fused-ring (bicyclic) bond motifs is 2. The third-order valence-corrected chi connectivity index (χ3v) is 7.64. The van der Waals surface area contributed by atoms with Crippen molar-refractivity contribution in [2.45, 2.75) is 90.8 Å². The summed E-state index contributed by atoms with van der Waals surface area (Å²) in [7, 11) is 0. The number of carbonyl (C=O) groups excluding carboxylic acids is 1. The summed E-state index contributed by atoms with van der Waals surface area (Å²) in [4.78, 5) is 13.4. The summed E-state index contributed by atoms with van der Waals surface area (Å²) in [5, 5.41) is 3.18. The zero-order valence-electron chi connectivity index (χ0n) is 24.3. The third kappa shape index (κ3) is 7.14. The van der Waals surface area contributed by atoms with E-state index in [-0.39, 0.29) is 23.0 Å². The van der Waals surface area contributed by atoms with Crippen LogP contribution in [0.15, 0.2) is 66.7 Å². The zero-order chi connectivity index (χ0) is 28.0. The molecule has 1 amide bonds. The molecular formula is C34H43NO4. The molecule has 0 aromatic heterocycles. The van der Waals surface area contributed by atoms with Crippen LogP contribution in [-0.4, -0.2) is 23.7 Å². The van der Waals surface area contributed by atoms with Crippen LogP contribution in [0.4, 0.5) is 0 Å². The Morgan fingerprint density at radius 3 is 2.03 bits per heavy atom. The van der Waals surface area contributed by atoms with Gasteiger partial charge < -0.3 is 19.5 Å². The van der Waals surface area contributed by atoms with Crippen molar-refractivity contribution in [3.63, 3.8) is 0 Å². The highest BCUT2D eigenvalue weighted by Crippen LogP contribution is 2.44. The normalized spacial score (nSPS) is 13.2. The molecule has 3 aromatic carbocycles. The van der Waals surface area contributed by atoms with E-state index < -0.39 is 0 Å². The van der Waals surface area contributed by atoms with Gasteiger partial charge in [-0.05, 0) is 83.6 Å². The number of carbonyl (C=O) groups is 1. The first kappa shape index (κ1) is 28.5. The van der Waals surface area contributed by atoms with Crippen LogP contribution in [0, 0.1) is 0 Å². The molecule has 0 radical (unpaired) electrons. The van der Waals surface area contributed by atoms with Crippen LogP contribution >= 0.6 is 0 Å². The number of nitrogens with one attached hydrogen (secondary N) is 1. The summed E-state index contributed by atoms with van der Waals surface area (Å²) in [6.45, 7) is 13.3. The van der Waals surface area contributed by atoms with E-state index in [1.165, 1.54) is 0 Å². The second-order valence-electron chi connectivity index (χ2n) is 11.6. The molecule has 0 saturated carbocycles. The van der Waals surface area contributed by atoms with Gasteiger partial charge in [-0.2, -0.15) is 0 Å². The Morgan fingerprint density at radius 2 is 1.41 bits per heavy atom. The Kier molecular flexibility index (Phi) is 8.89. The molecule has 1 aliphatic heterocycles. The van der Waals surface area contributed by atoms with Gasteiger partial charge in [-0.15, -0.1) is 0 Å². The van der Waals surface area contributed by atoms with Crippen LogP contribution in [0.1, 0.15) is 89.8 Å². The standard InChI is InChI=1S/C34H43NO4/c1-7-33(3,4)38-25-21-20-24(30(23-25)39-34(5,6)8-2)15-13-14-22-35-32(36)31-26-16-9-11-18-28(26)37-29-19-12-10-17-27(29)31/h9-12,16-21,23,31H,7-8,13-15,22H2,1-6H3,(H,35,36). The fourth-order valence-electron chi connectivity index (χ4n) is 4.61.